The highest BCUT2D eigenvalue weighted by molar-refractivity contribution is 7.89. The van der Waals surface area contributed by atoms with Crippen LogP contribution in [0.15, 0.2) is 47.4 Å². The van der Waals surface area contributed by atoms with Crippen LogP contribution in [0.4, 0.5) is 10.1 Å². The zero-order valence-corrected chi connectivity index (χ0v) is 12.7. The Bertz CT molecular complexity index is 765. The smallest absolute Gasteiger partial charge is 0.243 e. The van der Waals surface area contributed by atoms with Gasteiger partial charge in [0.25, 0.3) is 0 Å². The summed E-state index contributed by atoms with van der Waals surface area (Å²) in [5, 5.41) is 0.444. The fraction of sp³-hybridized carbons (Fsp3) is 0.143. The molecule has 0 fully saturated rings. The van der Waals surface area contributed by atoms with Crippen molar-refractivity contribution < 1.29 is 12.8 Å². The molecule has 0 amide bonds. The number of benzene rings is 2. The number of nitrogens with one attached hydrogen (secondary N) is 1. The summed E-state index contributed by atoms with van der Waals surface area (Å²) in [6.45, 7) is 1.65. The molecule has 2 aromatic carbocycles. The van der Waals surface area contributed by atoms with E-state index in [1.165, 1.54) is 12.1 Å². The number of hydrogen-bond donors (Lipinski definition) is 2. The Morgan fingerprint density at radius 3 is 2.52 bits per heavy atom. The molecule has 0 spiro atoms. The lowest BCUT2D eigenvalue weighted by Crippen LogP contribution is -2.28. The maximum absolute atomic E-state index is 13.4. The number of rotatable bonds is 4. The molecule has 0 aliphatic heterocycles. The van der Waals surface area contributed by atoms with E-state index in [4.69, 9.17) is 17.3 Å². The number of hydrogen-bond acceptors (Lipinski definition) is 3. The third-order valence-corrected chi connectivity index (χ3v) is 4.95. The molecule has 0 saturated heterocycles. The first-order valence-corrected chi connectivity index (χ1v) is 8.00. The standard InChI is InChI=1S/C14H14ClFN2O2S/c1-9(10-5-2-3-6-11(10)15)18-21(19,20)13-8-4-7-12(16)14(13)17/h2-9,18H,17H2,1H3. The van der Waals surface area contributed by atoms with Crippen molar-refractivity contribution in [1.82, 2.24) is 4.72 Å². The van der Waals surface area contributed by atoms with E-state index in [9.17, 15) is 12.8 Å². The van der Waals surface area contributed by atoms with Gasteiger partial charge < -0.3 is 5.73 Å². The van der Waals surface area contributed by atoms with Crippen LogP contribution in [0.1, 0.15) is 18.5 Å². The molecule has 0 aliphatic rings. The number of nitrogens with two attached hydrogens (primary N) is 1. The van der Waals surface area contributed by atoms with Gasteiger partial charge in [-0.3, -0.25) is 0 Å². The molecular formula is C14H14ClFN2O2S. The van der Waals surface area contributed by atoms with Crippen LogP contribution in [-0.2, 0) is 10.0 Å². The summed E-state index contributed by atoms with van der Waals surface area (Å²) < 4.78 is 40.4. The van der Waals surface area contributed by atoms with Gasteiger partial charge in [-0.2, -0.15) is 0 Å². The summed E-state index contributed by atoms with van der Waals surface area (Å²) in [6.07, 6.45) is 0. The maximum atomic E-state index is 13.4. The Morgan fingerprint density at radius 2 is 1.86 bits per heavy atom. The quantitative estimate of drug-likeness (QED) is 0.847. The first-order chi connectivity index (χ1) is 9.83. The van der Waals surface area contributed by atoms with Crippen molar-refractivity contribution in [3.05, 3.63) is 58.9 Å². The molecule has 2 rings (SSSR count). The highest BCUT2D eigenvalue weighted by Crippen LogP contribution is 2.26. The summed E-state index contributed by atoms with van der Waals surface area (Å²) in [5.74, 6) is -0.775. The molecule has 3 N–H and O–H groups in total. The van der Waals surface area contributed by atoms with Crippen molar-refractivity contribution in [3.8, 4) is 0 Å². The van der Waals surface area contributed by atoms with E-state index in [1.807, 2.05) is 0 Å². The first kappa shape index (κ1) is 15.8. The van der Waals surface area contributed by atoms with Gasteiger partial charge in [0, 0.05) is 11.1 Å². The van der Waals surface area contributed by atoms with Crippen LogP contribution in [0.3, 0.4) is 0 Å². The average Bonchev–Trinajstić information content (AvgIpc) is 2.41. The van der Waals surface area contributed by atoms with Crippen molar-refractivity contribution in [2.45, 2.75) is 17.9 Å². The maximum Gasteiger partial charge on any atom is 0.243 e. The molecular weight excluding hydrogens is 315 g/mol. The molecule has 7 heteroatoms. The van der Waals surface area contributed by atoms with Gasteiger partial charge in [-0.15, -0.1) is 0 Å². The third-order valence-electron chi connectivity index (χ3n) is 3.01. The Balaban J connectivity index is 2.34. The first-order valence-electron chi connectivity index (χ1n) is 6.13. The van der Waals surface area contributed by atoms with Crippen LogP contribution in [0, 0.1) is 5.82 Å². The predicted molar refractivity (Wildman–Crippen MR) is 81.0 cm³/mol. The van der Waals surface area contributed by atoms with Crippen LogP contribution in [0.25, 0.3) is 0 Å². The van der Waals surface area contributed by atoms with Gasteiger partial charge in [0.1, 0.15) is 10.7 Å². The van der Waals surface area contributed by atoms with Crippen LogP contribution < -0.4 is 10.5 Å². The Hall–Kier alpha value is -1.63. The third kappa shape index (κ3) is 3.34. The molecule has 0 aliphatic carbocycles. The average molecular weight is 329 g/mol. The fourth-order valence-electron chi connectivity index (χ4n) is 1.94. The number of halogens is 2. The highest BCUT2D eigenvalue weighted by atomic mass is 35.5. The van der Waals surface area contributed by atoms with Gasteiger partial charge >= 0.3 is 0 Å². The monoisotopic (exact) mass is 328 g/mol. The lowest BCUT2D eigenvalue weighted by Gasteiger charge is -2.16. The number of sulfonamides is 1. The van der Waals surface area contributed by atoms with Crippen molar-refractivity contribution in [3.63, 3.8) is 0 Å². The molecule has 1 atom stereocenters. The lowest BCUT2D eigenvalue weighted by molar-refractivity contribution is 0.565. The summed E-state index contributed by atoms with van der Waals surface area (Å²) in [4.78, 5) is -0.290. The summed E-state index contributed by atoms with van der Waals surface area (Å²) in [5.41, 5.74) is 5.71. The molecule has 2 aromatic rings. The van der Waals surface area contributed by atoms with Crippen LogP contribution in [-0.4, -0.2) is 8.42 Å². The molecule has 0 bridgehead atoms. The molecule has 21 heavy (non-hydrogen) atoms. The van der Waals surface area contributed by atoms with E-state index in [1.54, 1.807) is 31.2 Å². The Labute approximate surface area is 127 Å². The molecule has 0 heterocycles. The van der Waals surface area contributed by atoms with Gasteiger partial charge in [0.15, 0.2) is 0 Å². The van der Waals surface area contributed by atoms with Crippen LogP contribution in [0.2, 0.25) is 5.02 Å². The second kappa shape index (κ2) is 6.01. The summed E-state index contributed by atoms with van der Waals surface area (Å²) >= 11 is 6.03. The van der Waals surface area contributed by atoms with E-state index < -0.39 is 27.6 Å². The molecule has 112 valence electrons. The second-order valence-corrected chi connectivity index (χ2v) is 6.61. The fourth-order valence-corrected chi connectivity index (χ4v) is 3.60. The number of anilines is 1. The minimum Gasteiger partial charge on any atom is -0.395 e. The van der Waals surface area contributed by atoms with Crippen molar-refractivity contribution in [1.29, 1.82) is 0 Å². The van der Waals surface area contributed by atoms with Gasteiger partial charge in [-0.05, 0) is 30.7 Å². The topological polar surface area (TPSA) is 72.2 Å². The minimum absolute atomic E-state index is 0.290. The summed E-state index contributed by atoms with van der Waals surface area (Å²) in [7, 11) is -3.95. The van der Waals surface area contributed by atoms with Crippen molar-refractivity contribution >= 4 is 27.3 Å². The van der Waals surface area contributed by atoms with Crippen molar-refractivity contribution in [2.24, 2.45) is 0 Å². The van der Waals surface area contributed by atoms with E-state index in [0.29, 0.717) is 10.6 Å². The Kier molecular flexibility index (Phi) is 4.51. The minimum atomic E-state index is -3.95. The SMILES string of the molecule is CC(NS(=O)(=O)c1cccc(F)c1N)c1ccccc1Cl. The normalized spacial score (nSPS) is 13.1. The van der Waals surface area contributed by atoms with Crippen molar-refractivity contribution in [2.75, 3.05) is 5.73 Å². The zero-order valence-electron chi connectivity index (χ0n) is 11.2. The predicted octanol–water partition coefficient (Wildman–Crippen LogP) is 3.10. The van der Waals surface area contributed by atoms with E-state index in [-0.39, 0.29) is 4.90 Å². The van der Waals surface area contributed by atoms with Gasteiger partial charge in [-0.25, -0.2) is 17.5 Å². The van der Waals surface area contributed by atoms with Gasteiger partial charge in [0.05, 0.1) is 5.69 Å². The molecule has 1 unspecified atom stereocenters. The van der Waals surface area contributed by atoms with E-state index in [2.05, 4.69) is 4.72 Å². The highest BCUT2D eigenvalue weighted by Gasteiger charge is 2.23. The van der Waals surface area contributed by atoms with E-state index >= 15 is 0 Å². The molecule has 0 saturated carbocycles. The van der Waals surface area contributed by atoms with Crippen LogP contribution >= 0.6 is 11.6 Å². The number of para-hydroxylation sites is 1. The molecule has 0 aromatic heterocycles. The molecule has 0 radical (unpaired) electrons. The van der Waals surface area contributed by atoms with Crippen LogP contribution in [0.5, 0.6) is 0 Å². The molecule has 4 nitrogen and oxygen atoms in total. The van der Waals surface area contributed by atoms with E-state index in [0.717, 1.165) is 6.07 Å². The lowest BCUT2D eigenvalue weighted by atomic mass is 10.1. The van der Waals surface area contributed by atoms with Gasteiger partial charge in [-0.1, -0.05) is 35.9 Å². The second-order valence-electron chi connectivity index (χ2n) is 4.52. The van der Waals surface area contributed by atoms with Gasteiger partial charge in [0.2, 0.25) is 10.0 Å². The Morgan fingerprint density at radius 1 is 1.19 bits per heavy atom. The zero-order chi connectivity index (χ0) is 15.6. The summed E-state index contributed by atoms with van der Waals surface area (Å²) in [6, 6.07) is 9.95. The largest absolute Gasteiger partial charge is 0.395 e. The number of nitrogen functional groups attached to an aromatic ring is 1.